The second-order valence-corrected chi connectivity index (χ2v) is 5.00. The summed E-state index contributed by atoms with van der Waals surface area (Å²) in [5.41, 5.74) is 2.13. The fourth-order valence-corrected chi connectivity index (χ4v) is 2.05. The summed E-state index contributed by atoms with van der Waals surface area (Å²) in [5.74, 6) is 0.508. The summed E-state index contributed by atoms with van der Waals surface area (Å²) in [6.07, 6.45) is 4.04. The Labute approximate surface area is 126 Å². The quantitative estimate of drug-likeness (QED) is 0.901. The zero-order chi connectivity index (χ0) is 14.5. The highest BCUT2D eigenvalue weighted by atomic mass is 79.9. The van der Waals surface area contributed by atoms with Gasteiger partial charge in [-0.3, -0.25) is 9.78 Å². The molecular weight excluding hydrogens is 320 g/mol. The molecule has 5 nitrogen and oxygen atoms in total. The molecule has 2 N–H and O–H groups in total. The van der Waals surface area contributed by atoms with Gasteiger partial charge in [-0.25, -0.2) is 4.98 Å². The van der Waals surface area contributed by atoms with Gasteiger partial charge in [0.15, 0.2) is 0 Å². The normalized spacial score (nSPS) is 10.2. The number of carbonyl (C=O) groups is 1. The van der Waals surface area contributed by atoms with E-state index in [4.69, 9.17) is 0 Å². The lowest BCUT2D eigenvalue weighted by molar-refractivity contribution is 0.102. The molecule has 0 bridgehead atoms. The van der Waals surface area contributed by atoms with Crippen LogP contribution < -0.4 is 10.6 Å². The summed E-state index contributed by atoms with van der Waals surface area (Å²) in [5, 5.41) is 5.81. The van der Waals surface area contributed by atoms with E-state index in [9.17, 15) is 4.79 Å². The topological polar surface area (TPSA) is 66.9 Å². The van der Waals surface area contributed by atoms with Crippen molar-refractivity contribution in [3.05, 3.63) is 46.3 Å². The monoisotopic (exact) mass is 334 g/mol. The zero-order valence-electron chi connectivity index (χ0n) is 11.3. The van der Waals surface area contributed by atoms with Crippen molar-refractivity contribution in [1.82, 2.24) is 9.97 Å². The summed E-state index contributed by atoms with van der Waals surface area (Å²) >= 11 is 3.35. The van der Waals surface area contributed by atoms with Gasteiger partial charge in [0, 0.05) is 30.7 Å². The minimum absolute atomic E-state index is 0.175. The van der Waals surface area contributed by atoms with Gasteiger partial charge in [-0.2, -0.15) is 0 Å². The van der Waals surface area contributed by atoms with E-state index in [0.717, 1.165) is 16.6 Å². The summed E-state index contributed by atoms with van der Waals surface area (Å²) < 4.78 is 0.743. The first-order valence-electron chi connectivity index (χ1n) is 6.23. The van der Waals surface area contributed by atoms with Crippen LogP contribution in [0.5, 0.6) is 0 Å². The van der Waals surface area contributed by atoms with Crippen LogP contribution in [0.2, 0.25) is 0 Å². The molecule has 2 rings (SSSR count). The molecule has 104 valence electrons. The molecule has 2 aromatic heterocycles. The van der Waals surface area contributed by atoms with Crippen LogP contribution >= 0.6 is 15.9 Å². The molecule has 0 atom stereocenters. The number of anilines is 2. The summed E-state index contributed by atoms with van der Waals surface area (Å²) in [6.45, 7) is 2.00. The van der Waals surface area contributed by atoms with Crippen LogP contribution in [0.4, 0.5) is 11.5 Å². The van der Waals surface area contributed by atoms with E-state index in [1.54, 1.807) is 37.6 Å². The van der Waals surface area contributed by atoms with Crippen molar-refractivity contribution in [1.29, 1.82) is 0 Å². The molecule has 1 amide bonds. The van der Waals surface area contributed by atoms with Gasteiger partial charge in [0.2, 0.25) is 0 Å². The average molecular weight is 335 g/mol. The number of aromatic nitrogens is 2. The molecule has 0 radical (unpaired) electrons. The number of carbonyl (C=O) groups excluding carboxylic acids is 1. The van der Waals surface area contributed by atoms with E-state index in [-0.39, 0.29) is 5.91 Å². The predicted molar refractivity (Wildman–Crippen MR) is 83.1 cm³/mol. The van der Waals surface area contributed by atoms with Crippen molar-refractivity contribution >= 4 is 33.3 Å². The molecule has 2 heterocycles. The van der Waals surface area contributed by atoms with Crippen LogP contribution in [0.25, 0.3) is 0 Å². The van der Waals surface area contributed by atoms with Gasteiger partial charge in [0.1, 0.15) is 5.82 Å². The summed E-state index contributed by atoms with van der Waals surface area (Å²) in [7, 11) is 1.78. The first-order chi connectivity index (χ1) is 9.63. The van der Waals surface area contributed by atoms with E-state index >= 15 is 0 Å². The van der Waals surface area contributed by atoms with Crippen molar-refractivity contribution in [2.24, 2.45) is 0 Å². The minimum atomic E-state index is -0.175. The molecule has 2 aromatic rings. The van der Waals surface area contributed by atoms with E-state index in [2.05, 4.69) is 36.5 Å². The van der Waals surface area contributed by atoms with Gasteiger partial charge in [0.05, 0.1) is 10.2 Å². The number of nitrogens with zero attached hydrogens (tertiary/aromatic N) is 2. The van der Waals surface area contributed by atoms with Crippen molar-refractivity contribution < 1.29 is 4.79 Å². The third-order valence-corrected chi connectivity index (χ3v) is 3.41. The molecule has 0 fully saturated rings. The van der Waals surface area contributed by atoms with Gasteiger partial charge in [0.25, 0.3) is 5.91 Å². The Balaban J connectivity index is 2.27. The SMILES string of the molecule is CCc1cc(C(=O)Nc2ccncc2Br)cc(NC)n1. The summed E-state index contributed by atoms with van der Waals surface area (Å²) in [6, 6.07) is 5.26. The van der Waals surface area contributed by atoms with Crippen molar-refractivity contribution in [3.8, 4) is 0 Å². The summed E-state index contributed by atoms with van der Waals surface area (Å²) in [4.78, 5) is 20.6. The lowest BCUT2D eigenvalue weighted by Gasteiger charge is -2.09. The molecule has 0 aliphatic heterocycles. The Morgan fingerprint density at radius 1 is 1.40 bits per heavy atom. The molecule has 0 spiro atoms. The maximum Gasteiger partial charge on any atom is 0.255 e. The fourth-order valence-electron chi connectivity index (χ4n) is 1.70. The Hall–Kier alpha value is -1.95. The van der Waals surface area contributed by atoms with Crippen LogP contribution in [0.15, 0.2) is 35.1 Å². The van der Waals surface area contributed by atoms with Crippen LogP contribution in [-0.4, -0.2) is 22.9 Å². The van der Waals surface area contributed by atoms with E-state index in [0.29, 0.717) is 17.1 Å². The Morgan fingerprint density at radius 2 is 2.20 bits per heavy atom. The predicted octanol–water partition coefficient (Wildman–Crippen LogP) is 3.10. The Bertz CT molecular complexity index is 608. The van der Waals surface area contributed by atoms with E-state index in [1.165, 1.54) is 0 Å². The number of nitrogens with one attached hydrogen (secondary N) is 2. The number of hydrogen-bond acceptors (Lipinski definition) is 4. The number of pyridine rings is 2. The zero-order valence-corrected chi connectivity index (χ0v) is 12.9. The first kappa shape index (κ1) is 14.5. The van der Waals surface area contributed by atoms with Crippen molar-refractivity contribution in [2.45, 2.75) is 13.3 Å². The molecule has 0 aliphatic rings. The highest BCUT2D eigenvalue weighted by Gasteiger charge is 2.11. The second-order valence-electron chi connectivity index (χ2n) is 4.15. The molecule has 0 saturated heterocycles. The maximum absolute atomic E-state index is 12.3. The van der Waals surface area contributed by atoms with Gasteiger partial charge in [-0.1, -0.05) is 6.92 Å². The molecule has 0 unspecified atom stereocenters. The second kappa shape index (κ2) is 6.47. The minimum Gasteiger partial charge on any atom is -0.373 e. The van der Waals surface area contributed by atoms with Gasteiger partial charge in [-0.15, -0.1) is 0 Å². The molecular formula is C14H15BrN4O. The standard InChI is InChI=1S/C14H15BrN4O/c1-3-10-6-9(7-13(16-2)18-10)14(20)19-12-4-5-17-8-11(12)15/h4-8H,3H2,1-2H3,(H,16,18)(H,17,19,20). The lowest BCUT2D eigenvalue weighted by atomic mass is 10.1. The highest BCUT2D eigenvalue weighted by molar-refractivity contribution is 9.10. The van der Waals surface area contributed by atoms with Crippen LogP contribution in [0.3, 0.4) is 0 Å². The molecule has 20 heavy (non-hydrogen) atoms. The van der Waals surface area contributed by atoms with Crippen LogP contribution in [0, 0.1) is 0 Å². The van der Waals surface area contributed by atoms with Gasteiger partial charge in [-0.05, 0) is 40.5 Å². The van der Waals surface area contributed by atoms with Crippen molar-refractivity contribution in [2.75, 3.05) is 17.7 Å². The number of aryl methyl sites for hydroxylation is 1. The molecule has 0 aliphatic carbocycles. The number of halogens is 1. The molecule has 0 aromatic carbocycles. The number of rotatable bonds is 4. The van der Waals surface area contributed by atoms with Gasteiger partial charge >= 0.3 is 0 Å². The smallest absolute Gasteiger partial charge is 0.255 e. The van der Waals surface area contributed by atoms with Crippen LogP contribution in [-0.2, 0) is 6.42 Å². The first-order valence-corrected chi connectivity index (χ1v) is 7.03. The molecule has 0 saturated carbocycles. The number of amides is 1. The van der Waals surface area contributed by atoms with Gasteiger partial charge < -0.3 is 10.6 Å². The largest absolute Gasteiger partial charge is 0.373 e. The maximum atomic E-state index is 12.3. The van der Waals surface area contributed by atoms with E-state index in [1.807, 2.05) is 6.92 Å². The third kappa shape index (κ3) is 3.33. The van der Waals surface area contributed by atoms with E-state index < -0.39 is 0 Å². The Morgan fingerprint density at radius 3 is 2.85 bits per heavy atom. The van der Waals surface area contributed by atoms with Crippen LogP contribution in [0.1, 0.15) is 23.0 Å². The molecule has 6 heteroatoms. The highest BCUT2D eigenvalue weighted by Crippen LogP contribution is 2.21. The lowest BCUT2D eigenvalue weighted by Crippen LogP contribution is -2.14. The Kier molecular flexibility index (Phi) is 4.68. The number of hydrogen-bond donors (Lipinski definition) is 2. The van der Waals surface area contributed by atoms with Crippen molar-refractivity contribution in [3.63, 3.8) is 0 Å². The average Bonchev–Trinajstić information content (AvgIpc) is 2.48. The third-order valence-electron chi connectivity index (χ3n) is 2.78. The fraction of sp³-hybridized carbons (Fsp3) is 0.214.